The molecule has 3 heterocycles. The van der Waals surface area contributed by atoms with Gasteiger partial charge in [-0.25, -0.2) is 4.98 Å². The van der Waals surface area contributed by atoms with Crippen LogP contribution in [0.15, 0.2) is 10.5 Å². The Balaban J connectivity index is 1.59. The van der Waals surface area contributed by atoms with Crippen molar-refractivity contribution in [3.8, 4) is 0 Å². The Morgan fingerprint density at radius 1 is 1.40 bits per heavy atom. The van der Waals surface area contributed by atoms with E-state index in [9.17, 15) is 4.79 Å². The lowest BCUT2D eigenvalue weighted by molar-refractivity contribution is 0.0698. The number of rotatable bonds is 1. The summed E-state index contributed by atoms with van der Waals surface area (Å²) in [7, 11) is 0. The summed E-state index contributed by atoms with van der Waals surface area (Å²) in [5.74, 6) is -0.00784. The minimum atomic E-state index is -0.00784. The van der Waals surface area contributed by atoms with Gasteiger partial charge in [-0.05, 0) is 0 Å². The second-order valence-electron chi connectivity index (χ2n) is 4.80. The second kappa shape index (κ2) is 5.91. The maximum atomic E-state index is 12.3. The summed E-state index contributed by atoms with van der Waals surface area (Å²) >= 11 is 9.05. The third kappa shape index (κ3) is 2.80. The molecule has 0 spiro atoms. The first-order valence-corrected chi connectivity index (χ1v) is 8.63. The molecule has 3 rings (SSSR count). The third-order valence-electron chi connectivity index (χ3n) is 3.35. The van der Waals surface area contributed by atoms with Crippen LogP contribution in [-0.4, -0.2) is 63.8 Å². The molecule has 0 radical (unpaired) electrons. The van der Waals surface area contributed by atoms with E-state index in [0.29, 0.717) is 28.4 Å². The van der Waals surface area contributed by atoms with Crippen LogP contribution in [0.2, 0.25) is 5.15 Å². The molecule has 0 unspecified atom stereocenters. The molecule has 1 aromatic heterocycles. The van der Waals surface area contributed by atoms with Crippen LogP contribution in [-0.2, 0) is 0 Å². The van der Waals surface area contributed by atoms with Crippen LogP contribution in [0.25, 0.3) is 0 Å². The normalized spacial score (nSPS) is 23.1. The van der Waals surface area contributed by atoms with Crippen LogP contribution in [0.4, 0.5) is 0 Å². The average molecular weight is 331 g/mol. The van der Waals surface area contributed by atoms with Gasteiger partial charge >= 0.3 is 0 Å². The minimum absolute atomic E-state index is 0.00784. The number of halogens is 1. The molecule has 2 aliphatic rings. The van der Waals surface area contributed by atoms with Gasteiger partial charge in [-0.15, -0.1) is 11.3 Å². The Bertz CT molecular complexity index is 539. The molecule has 0 aliphatic carbocycles. The number of hydrogen-bond donors (Lipinski definition) is 0. The SMILES string of the molecule is C[C@H]1CN=C(N2CCN(C(=O)c3scnc3Cl)CC2)S1. The zero-order chi connectivity index (χ0) is 14.1. The highest BCUT2D eigenvalue weighted by atomic mass is 35.5. The van der Waals surface area contributed by atoms with Gasteiger partial charge in [-0.2, -0.15) is 0 Å². The van der Waals surface area contributed by atoms with Gasteiger partial charge in [-0.1, -0.05) is 30.3 Å². The molecular weight excluding hydrogens is 316 g/mol. The Labute approximate surface area is 131 Å². The molecule has 1 amide bonds. The van der Waals surface area contributed by atoms with E-state index >= 15 is 0 Å². The van der Waals surface area contributed by atoms with Crippen LogP contribution in [0.3, 0.4) is 0 Å². The summed E-state index contributed by atoms with van der Waals surface area (Å²) in [5.41, 5.74) is 1.61. The number of nitrogens with zero attached hydrogens (tertiary/aromatic N) is 4. The van der Waals surface area contributed by atoms with Crippen molar-refractivity contribution in [2.75, 3.05) is 32.7 Å². The van der Waals surface area contributed by atoms with Crippen LogP contribution in [0.1, 0.15) is 16.6 Å². The number of thiazole rings is 1. The van der Waals surface area contributed by atoms with Crippen molar-refractivity contribution in [3.63, 3.8) is 0 Å². The van der Waals surface area contributed by atoms with Crippen molar-refractivity contribution in [2.45, 2.75) is 12.2 Å². The van der Waals surface area contributed by atoms with Gasteiger partial charge in [0, 0.05) is 31.4 Å². The summed E-state index contributed by atoms with van der Waals surface area (Å²) in [4.78, 5) is 25.4. The van der Waals surface area contributed by atoms with Gasteiger partial charge in [0.05, 0.1) is 12.1 Å². The summed E-state index contributed by atoms with van der Waals surface area (Å²) in [6.07, 6.45) is 0. The largest absolute Gasteiger partial charge is 0.348 e. The van der Waals surface area contributed by atoms with E-state index < -0.39 is 0 Å². The maximum absolute atomic E-state index is 12.3. The number of hydrogen-bond acceptors (Lipinski definition) is 6. The van der Waals surface area contributed by atoms with E-state index in [2.05, 4.69) is 21.8 Å². The molecule has 0 saturated carbocycles. The lowest BCUT2D eigenvalue weighted by atomic mass is 10.3. The van der Waals surface area contributed by atoms with E-state index in [1.807, 2.05) is 16.7 Å². The molecule has 8 heteroatoms. The number of aromatic nitrogens is 1. The first-order valence-electron chi connectivity index (χ1n) is 6.49. The topological polar surface area (TPSA) is 48.8 Å². The number of carbonyl (C=O) groups is 1. The molecule has 1 saturated heterocycles. The number of amidine groups is 1. The Morgan fingerprint density at radius 3 is 2.70 bits per heavy atom. The van der Waals surface area contributed by atoms with Crippen molar-refractivity contribution < 1.29 is 4.79 Å². The molecule has 1 atom stereocenters. The highest BCUT2D eigenvalue weighted by Gasteiger charge is 2.28. The van der Waals surface area contributed by atoms with Crippen LogP contribution in [0, 0.1) is 0 Å². The second-order valence-corrected chi connectivity index (χ2v) is 7.42. The molecule has 20 heavy (non-hydrogen) atoms. The lowest BCUT2D eigenvalue weighted by Crippen LogP contribution is -2.49. The van der Waals surface area contributed by atoms with Gasteiger partial charge < -0.3 is 9.80 Å². The Kier molecular flexibility index (Phi) is 4.18. The first-order chi connectivity index (χ1) is 9.65. The zero-order valence-electron chi connectivity index (χ0n) is 11.1. The predicted molar refractivity (Wildman–Crippen MR) is 84.0 cm³/mol. The molecule has 1 fully saturated rings. The smallest absolute Gasteiger partial charge is 0.267 e. The molecular formula is C12H15ClN4OS2. The number of piperazine rings is 1. The number of aliphatic imine (C=N–C) groups is 1. The Hall–Kier alpha value is -0.790. The van der Waals surface area contributed by atoms with Crippen LogP contribution < -0.4 is 0 Å². The zero-order valence-corrected chi connectivity index (χ0v) is 13.5. The maximum Gasteiger partial charge on any atom is 0.267 e. The van der Waals surface area contributed by atoms with Gasteiger partial charge in [0.15, 0.2) is 10.3 Å². The fraction of sp³-hybridized carbons (Fsp3) is 0.583. The fourth-order valence-corrected chi connectivity index (χ4v) is 4.21. The van der Waals surface area contributed by atoms with Crippen LogP contribution in [0.5, 0.6) is 0 Å². The van der Waals surface area contributed by atoms with Crippen LogP contribution >= 0.6 is 34.7 Å². The van der Waals surface area contributed by atoms with Crippen molar-refractivity contribution in [3.05, 3.63) is 15.5 Å². The van der Waals surface area contributed by atoms with E-state index in [1.165, 1.54) is 11.3 Å². The first kappa shape index (κ1) is 14.2. The summed E-state index contributed by atoms with van der Waals surface area (Å²) < 4.78 is 0. The third-order valence-corrected chi connectivity index (χ3v) is 5.71. The van der Waals surface area contributed by atoms with Gasteiger partial charge in [0.1, 0.15) is 4.88 Å². The van der Waals surface area contributed by atoms with Crippen molar-refractivity contribution in [1.29, 1.82) is 0 Å². The monoisotopic (exact) mass is 330 g/mol. The highest BCUT2D eigenvalue weighted by Crippen LogP contribution is 2.25. The highest BCUT2D eigenvalue weighted by molar-refractivity contribution is 8.14. The predicted octanol–water partition coefficient (Wildman–Crippen LogP) is 2.05. The molecule has 1 aromatic rings. The Morgan fingerprint density at radius 2 is 2.15 bits per heavy atom. The molecule has 0 N–H and O–H groups in total. The number of carbonyl (C=O) groups excluding carboxylic acids is 1. The quantitative estimate of drug-likeness (QED) is 0.790. The van der Waals surface area contributed by atoms with E-state index in [4.69, 9.17) is 11.6 Å². The van der Waals surface area contributed by atoms with E-state index in [-0.39, 0.29) is 5.91 Å². The average Bonchev–Trinajstić information content (AvgIpc) is 3.07. The van der Waals surface area contributed by atoms with Crippen molar-refractivity contribution in [1.82, 2.24) is 14.8 Å². The molecule has 5 nitrogen and oxygen atoms in total. The lowest BCUT2D eigenvalue weighted by Gasteiger charge is -2.35. The van der Waals surface area contributed by atoms with Crippen molar-refractivity contribution in [2.24, 2.45) is 4.99 Å². The molecule has 0 bridgehead atoms. The van der Waals surface area contributed by atoms with E-state index in [0.717, 1.165) is 24.8 Å². The van der Waals surface area contributed by atoms with E-state index in [1.54, 1.807) is 5.51 Å². The fourth-order valence-electron chi connectivity index (χ4n) is 2.25. The summed E-state index contributed by atoms with van der Waals surface area (Å²) in [5, 5.41) is 2.01. The molecule has 0 aromatic carbocycles. The standard InChI is InChI=1S/C12H15ClN4OS2/c1-8-6-14-12(20-8)17-4-2-16(3-5-17)11(18)9-10(13)15-7-19-9/h7-8H,2-6H2,1H3/t8-/m0/s1. The summed E-state index contributed by atoms with van der Waals surface area (Å²) in [6, 6.07) is 0. The van der Waals surface area contributed by atoms with Gasteiger partial charge in [0.2, 0.25) is 0 Å². The van der Waals surface area contributed by atoms with Gasteiger partial charge in [-0.3, -0.25) is 9.79 Å². The molecule has 108 valence electrons. The minimum Gasteiger partial charge on any atom is -0.348 e. The summed E-state index contributed by atoms with van der Waals surface area (Å²) in [6.45, 7) is 6.17. The van der Waals surface area contributed by atoms with Crippen molar-refractivity contribution >= 4 is 45.8 Å². The number of amides is 1. The number of thioether (sulfide) groups is 1. The molecule has 2 aliphatic heterocycles. The van der Waals surface area contributed by atoms with Gasteiger partial charge in [0.25, 0.3) is 5.91 Å².